The monoisotopic (exact) mass is 274 g/mol. The zero-order chi connectivity index (χ0) is 14.5. The number of benzene rings is 1. The Morgan fingerprint density at radius 2 is 1.84 bits per heavy atom. The minimum Gasteiger partial charge on any atom is -0.329 e. The number of rotatable bonds is 5. The Labute approximate surface area is 116 Å². The number of carbonyl (C=O) groups excluding carboxylic acids is 1. The zero-order valence-corrected chi connectivity index (χ0v) is 13.2. The molecule has 0 aliphatic carbocycles. The van der Waals surface area contributed by atoms with Crippen LogP contribution in [-0.4, -0.2) is 32.0 Å². The van der Waals surface area contributed by atoms with Crippen LogP contribution >= 0.6 is 0 Å². The highest BCUT2D eigenvalue weighted by molar-refractivity contribution is 6.88. The van der Waals surface area contributed by atoms with E-state index >= 15 is 0 Å². The molecule has 3 nitrogen and oxygen atoms in total. The third-order valence-electron chi connectivity index (χ3n) is 3.17. The van der Waals surface area contributed by atoms with Gasteiger partial charge in [-0.1, -0.05) is 49.1 Å². The van der Waals surface area contributed by atoms with Crippen molar-refractivity contribution in [3.63, 3.8) is 0 Å². The van der Waals surface area contributed by atoms with Crippen LogP contribution in [0.25, 0.3) is 0 Å². The van der Waals surface area contributed by atoms with Gasteiger partial charge in [0.25, 0.3) is 0 Å². The normalized spacial score (nSPS) is 10.9. The number of carbonyl (C=O) groups is 1. The third-order valence-corrected chi connectivity index (χ3v) is 5.24. The quantitative estimate of drug-likeness (QED) is 0.610. The van der Waals surface area contributed by atoms with Crippen molar-refractivity contribution in [2.24, 2.45) is 0 Å². The molecule has 19 heavy (non-hydrogen) atoms. The van der Waals surface area contributed by atoms with E-state index in [-0.39, 0.29) is 12.5 Å². The van der Waals surface area contributed by atoms with Crippen LogP contribution in [0, 0.1) is 11.3 Å². The number of nitriles is 1. The standard InChI is InChI=1S/C15H22N2OSi/c1-5-17(11-10-16)15(18)12-13-6-8-14(9-7-13)19(2,3)4/h6-9H,5,11-12H2,1-4H3. The van der Waals surface area contributed by atoms with E-state index in [4.69, 9.17) is 5.26 Å². The highest BCUT2D eigenvalue weighted by atomic mass is 28.3. The smallest absolute Gasteiger partial charge is 0.227 e. The van der Waals surface area contributed by atoms with Gasteiger partial charge in [-0.25, -0.2) is 0 Å². The van der Waals surface area contributed by atoms with Gasteiger partial charge < -0.3 is 4.90 Å². The van der Waals surface area contributed by atoms with E-state index in [1.165, 1.54) is 5.19 Å². The summed E-state index contributed by atoms with van der Waals surface area (Å²) in [6, 6.07) is 10.4. The molecule has 0 saturated carbocycles. The molecule has 1 aromatic rings. The molecule has 0 spiro atoms. The number of likely N-dealkylation sites (N-methyl/N-ethyl adjacent to an activating group) is 1. The molecule has 1 aromatic carbocycles. The van der Waals surface area contributed by atoms with Gasteiger partial charge >= 0.3 is 0 Å². The molecule has 102 valence electrons. The average Bonchev–Trinajstić information content (AvgIpc) is 2.35. The number of nitrogens with zero attached hydrogens (tertiary/aromatic N) is 2. The Morgan fingerprint density at radius 1 is 1.26 bits per heavy atom. The van der Waals surface area contributed by atoms with Crippen molar-refractivity contribution in [1.82, 2.24) is 4.90 Å². The van der Waals surface area contributed by atoms with E-state index in [1.807, 2.05) is 25.1 Å². The van der Waals surface area contributed by atoms with Gasteiger partial charge in [-0.2, -0.15) is 5.26 Å². The maximum absolute atomic E-state index is 12.0. The molecule has 0 aromatic heterocycles. The Bertz CT molecular complexity index is 468. The number of amides is 1. The molecule has 0 aliphatic heterocycles. The minimum absolute atomic E-state index is 0.0183. The molecule has 0 atom stereocenters. The van der Waals surface area contributed by atoms with Gasteiger partial charge in [-0.05, 0) is 12.5 Å². The second-order valence-corrected chi connectivity index (χ2v) is 10.8. The van der Waals surface area contributed by atoms with E-state index < -0.39 is 8.07 Å². The largest absolute Gasteiger partial charge is 0.329 e. The first-order valence-corrected chi connectivity index (χ1v) is 10.1. The molecule has 0 fully saturated rings. The van der Waals surface area contributed by atoms with E-state index in [1.54, 1.807) is 4.90 Å². The van der Waals surface area contributed by atoms with Crippen LogP contribution in [0.4, 0.5) is 0 Å². The first kappa shape index (κ1) is 15.5. The van der Waals surface area contributed by atoms with Crippen molar-refractivity contribution in [3.05, 3.63) is 29.8 Å². The van der Waals surface area contributed by atoms with Gasteiger partial charge in [0, 0.05) is 6.54 Å². The maximum atomic E-state index is 12.0. The summed E-state index contributed by atoms with van der Waals surface area (Å²) >= 11 is 0. The first-order chi connectivity index (χ1) is 8.88. The van der Waals surface area contributed by atoms with Crippen LogP contribution in [0.3, 0.4) is 0 Å². The molecule has 0 aliphatic rings. The lowest BCUT2D eigenvalue weighted by Crippen LogP contribution is -2.37. The fraction of sp³-hybridized carbons (Fsp3) is 0.467. The highest BCUT2D eigenvalue weighted by Gasteiger charge is 2.16. The summed E-state index contributed by atoms with van der Waals surface area (Å²) in [6.45, 7) is 9.56. The van der Waals surface area contributed by atoms with E-state index in [0.29, 0.717) is 13.0 Å². The van der Waals surface area contributed by atoms with E-state index in [0.717, 1.165) is 5.56 Å². The van der Waals surface area contributed by atoms with Crippen LogP contribution in [0.5, 0.6) is 0 Å². The maximum Gasteiger partial charge on any atom is 0.227 e. The Kier molecular flexibility index (Phi) is 5.31. The average molecular weight is 274 g/mol. The van der Waals surface area contributed by atoms with Gasteiger partial charge in [-0.15, -0.1) is 0 Å². The highest BCUT2D eigenvalue weighted by Crippen LogP contribution is 2.06. The summed E-state index contributed by atoms with van der Waals surface area (Å²) in [7, 11) is -1.28. The summed E-state index contributed by atoms with van der Waals surface area (Å²) in [6.07, 6.45) is 0.376. The lowest BCUT2D eigenvalue weighted by molar-refractivity contribution is -0.129. The van der Waals surface area contributed by atoms with E-state index in [9.17, 15) is 4.79 Å². The van der Waals surface area contributed by atoms with Crippen LogP contribution in [0.1, 0.15) is 12.5 Å². The second kappa shape index (κ2) is 6.53. The van der Waals surface area contributed by atoms with Crippen LogP contribution in [0.15, 0.2) is 24.3 Å². The molecule has 0 unspecified atom stereocenters. The Balaban J connectivity index is 2.73. The van der Waals surface area contributed by atoms with E-state index in [2.05, 4.69) is 31.8 Å². The topological polar surface area (TPSA) is 44.1 Å². The molecule has 0 radical (unpaired) electrons. The predicted octanol–water partition coefficient (Wildman–Crippen LogP) is 2.15. The fourth-order valence-electron chi connectivity index (χ4n) is 1.87. The summed E-state index contributed by atoms with van der Waals surface area (Å²) in [5.41, 5.74) is 1.02. The molecule has 0 N–H and O–H groups in total. The Hall–Kier alpha value is -1.60. The minimum atomic E-state index is -1.28. The van der Waals surface area contributed by atoms with Gasteiger partial charge in [0.15, 0.2) is 0 Å². The summed E-state index contributed by atoms with van der Waals surface area (Å²) in [5, 5.41) is 10.1. The lowest BCUT2D eigenvalue weighted by atomic mass is 10.1. The van der Waals surface area contributed by atoms with Crippen molar-refractivity contribution in [3.8, 4) is 6.07 Å². The van der Waals surface area contributed by atoms with Crippen molar-refractivity contribution in [1.29, 1.82) is 5.26 Å². The van der Waals surface area contributed by atoms with Crippen molar-refractivity contribution < 1.29 is 4.79 Å². The second-order valence-electron chi connectivity index (χ2n) is 5.69. The molecule has 1 amide bonds. The third kappa shape index (κ3) is 4.53. The molecular weight excluding hydrogens is 252 g/mol. The summed E-state index contributed by atoms with van der Waals surface area (Å²) < 4.78 is 0. The molecule has 0 bridgehead atoms. The predicted molar refractivity (Wildman–Crippen MR) is 81.0 cm³/mol. The lowest BCUT2D eigenvalue weighted by Gasteiger charge is -2.18. The van der Waals surface area contributed by atoms with Gasteiger partial charge in [-0.3, -0.25) is 4.79 Å². The molecule has 0 heterocycles. The molecule has 0 saturated heterocycles. The first-order valence-electron chi connectivity index (χ1n) is 6.62. The Morgan fingerprint density at radius 3 is 2.26 bits per heavy atom. The fourth-order valence-corrected chi connectivity index (χ4v) is 3.04. The molecular formula is C15H22N2OSi. The van der Waals surface area contributed by atoms with Crippen LogP contribution in [-0.2, 0) is 11.2 Å². The van der Waals surface area contributed by atoms with Gasteiger partial charge in [0.2, 0.25) is 5.91 Å². The molecule has 1 rings (SSSR count). The van der Waals surface area contributed by atoms with Crippen LogP contribution < -0.4 is 5.19 Å². The van der Waals surface area contributed by atoms with Crippen molar-refractivity contribution in [2.75, 3.05) is 13.1 Å². The van der Waals surface area contributed by atoms with Crippen LogP contribution in [0.2, 0.25) is 19.6 Å². The summed E-state index contributed by atoms with van der Waals surface area (Å²) in [5.74, 6) is 0.0183. The summed E-state index contributed by atoms with van der Waals surface area (Å²) in [4.78, 5) is 13.6. The number of hydrogen-bond acceptors (Lipinski definition) is 2. The zero-order valence-electron chi connectivity index (χ0n) is 12.2. The van der Waals surface area contributed by atoms with Gasteiger partial charge in [0.1, 0.15) is 6.54 Å². The molecule has 4 heteroatoms. The number of hydrogen-bond donors (Lipinski definition) is 0. The van der Waals surface area contributed by atoms with Crippen molar-refractivity contribution >= 4 is 19.2 Å². The SMILES string of the molecule is CCN(CC#N)C(=O)Cc1ccc([Si](C)(C)C)cc1. The van der Waals surface area contributed by atoms with Crippen molar-refractivity contribution in [2.45, 2.75) is 33.0 Å². The van der Waals surface area contributed by atoms with Gasteiger partial charge in [0.05, 0.1) is 20.6 Å².